The molecule has 0 atom stereocenters. The number of ether oxygens (including phenoxy) is 1. The van der Waals surface area contributed by atoms with Crippen LogP contribution in [0, 0.1) is 5.92 Å². The van der Waals surface area contributed by atoms with Crippen LogP contribution in [0.2, 0.25) is 0 Å². The minimum Gasteiger partial charge on any atom is -0.382 e. The maximum Gasteiger partial charge on any atom is 0.220 e. The molecule has 0 radical (unpaired) electrons. The predicted molar refractivity (Wildman–Crippen MR) is 123 cm³/mol. The van der Waals surface area contributed by atoms with Gasteiger partial charge in [0, 0.05) is 38.8 Å². The van der Waals surface area contributed by atoms with Crippen molar-refractivity contribution in [3.63, 3.8) is 0 Å². The monoisotopic (exact) mass is 497 g/mol. The van der Waals surface area contributed by atoms with E-state index in [0.29, 0.717) is 0 Å². The van der Waals surface area contributed by atoms with Crippen LogP contribution >= 0.6 is 24.0 Å². The molecule has 1 rings (SSSR count). The fourth-order valence-electron chi connectivity index (χ4n) is 3.10. The van der Waals surface area contributed by atoms with E-state index < -0.39 is 0 Å². The van der Waals surface area contributed by atoms with Crippen molar-refractivity contribution >= 4 is 35.8 Å². The number of hydrogen-bond donors (Lipinski definition) is 3. The molecule has 4 N–H and O–H groups in total. The van der Waals surface area contributed by atoms with E-state index in [0.717, 1.165) is 97.0 Å². The van der Waals surface area contributed by atoms with Crippen molar-refractivity contribution in [1.82, 2.24) is 15.5 Å². The van der Waals surface area contributed by atoms with E-state index in [-0.39, 0.29) is 35.8 Å². The number of primary amides is 1. The van der Waals surface area contributed by atoms with Crippen molar-refractivity contribution < 1.29 is 9.53 Å². The van der Waals surface area contributed by atoms with Crippen LogP contribution in [-0.4, -0.2) is 69.2 Å². The molecule has 0 unspecified atom stereocenters. The third kappa shape index (κ3) is 13.2. The van der Waals surface area contributed by atoms with Gasteiger partial charge in [-0.25, -0.2) is 0 Å². The maximum atomic E-state index is 11.2. The van der Waals surface area contributed by atoms with Crippen LogP contribution in [0.25, 0.3) is 0 Å². The van der Waals surface area contributed by atoms with Gasteiger partial charge in [-0.15, -0.1) is 24.0 Å². The Kier molecular flexibility index (Phi) is 17.1. The summed E-state index contributed by atoms with van der Waals surface area (Å²) in [6.45, 7) is 11.4. The Morgan fingerprint density at radius 1 is 1.15 bits per heavy atom. The van der Waals surface area contributed by atoms with Crippen molar-refractivity contribution in [2.75, 3.05) is 52.5 Å². The van der Waals surface area contributed by atoms with E-state index in [1.165, 1.54) is 0 Å². The van der Waals surface area contributed by atoms with Gasteiger partial charge in [0.05, 0.1) is 0 Å². The van der Waals surface area contributed by atoms with Gasteiger partial charge in [-0.3, -0.25) is 9.79 Å². The quantitative estimate of drug-likeness (QED) is 0.157. The summed E-state index contributed by atoms with van der Waals surface area (Å²) < 4.78 is 5.35. The maximum absolute atomic E-state index is 11.2. The van der Waals surface area contributed by atoms with Gasteiger partial charge in [0.1, 0.15) is 0 Å². The first-order valence-corrected chi connectivity index (χ1v) is 10.3. The number of likely N-dealkylation sites (tertiary alicyclic amines) is 1. The molecule has 1 aliphatic rings. The topological polar surface area (TPSA) is 92.0 Å². The van der Waals surface area contributed by atoms with Gasteiger partial charge in [0.2, 0.25) is 5.91 Å². The lowest BCUT2D eigenvalue weighted by Gasteiger charge is -2.30. The number of aliphatic imine (C=N–C) groups is 1. The fraction of sp³-hybridized carbons (Fsp3) is 0.895. The second kappa shape index (κ2) is 17.5. The summed E-state index contributed by atoms with van der Waals surface area (Å²) >= 11 is 0. The first-order valence-electron chi connectivity index (χ1n) is 10.3. The summed E-state index contributed by atoms with van der Waals surface area (Å²) in [6, 6.07) is 0. The van der Waals surface area contributed by atoms with Crippen molar-refractivity contribution in [3.8, 4) is 0 Å². The summed E-state index contributed by atoms with van der Waals surface area (Å²) in [6.07, 6.45) is 6.20. The van der Waals surface area contributed by atoms with Gasteiger partial charge >= 0.3 is 0 Å². The molecule has 0 aromatic heterocycles. The van der Waals surface area contributed by atoms with E-state index in [4.69, 9.17) is 10.5 Å². The highest BCUT2D eigenvalue weighted by atomic mass is 127. The van der Waals surface area contributed by atoms with Crippen molar-refractivity contribution in [1.29, 1.82) is 0 Å². The van der Waals surface area contributed by atoms with Crippen LogP contribution in [0.5, 0.6) is 0 Å². The number of piperidine rings is 1. The molecule has 0 aliphatic carbocycles. The number of hydrogen-bond acceptors (Lipinski definition) is 4. The number of amides is 1. The molecule has 7 nitrogen and oxygen atoms in total. The number of nitrogens with one attached hydrogen (secondary N) is 2. The molecule has 1 heterocycles. The normalized spacial score (nSPS) is 16.0. The minimum atomic E-state index is -0.139. The van der Waals surface area contributed by atoms with Gasteiger partial charge in [0.15, 0.2) is 5.96 Å². The molecular weight excluding hydrogens is 457 g/mol. The predicted octanol–water partition coefficient (Wildman–Crippen LogP) is 1.95. The second-order valence-corrected chi connectivity index (χ2v) is 6.82. The molecule has 1 amide bonds. The summed E-state index contributed by atoms with van der Waals surface area (Å²) in [5.41, 5.74) is 5.38. The third-order valence-electron chi connectivity index (χ3n) is 4.70. The van der Waals surface area contributed by atoms with Gasteiger partial charge in [-0.1, -0.05) is 0 Å². The van der Waals surface area contributed by atoms with Crippen LogP contribution < -0.4 is 16.4 Å². The smallest absolute Gasteiger partial charge is 0.220 e. The summed E-state index contributed by atoms with van der Waals surface area (Å²) in [5.74, 6) is 0.852. The molecule has 27 heavy (non-hydrogen) atoms. The van der Waals surface area contributed by atoms with Crippen molar-refractivity contribution in [3.05, 3.63) is 0 Å². The van der Waals surface area contributed by atoms with E-state index in [1.807, 2.05) is 6.92 Å². The molecule has 1 fully saturated rings. The number of nitrogens with two attached hydrogens (primary N) is 1. The Hall–Kier alpha value is -0.610. The summed E-state index contributed by atoms with van der Waals surface area (Å²) in [5, 5.41) is 6.68. The SMILES string of the molecule is CCNC(=NCCCCN1CCC(C(N)=O)CC1)NCCCCOCC.I. The van der Waals surface area contributed by atoms with Crippen LogP contribution in [0.3, 0.4) is 0 Å². The largest absolute Gasteiger partial charge is 0.382 e. The molecule has 0 spiro atoms. The molecule has 0 aromatic carbocycles. The van der Waals surface area contributed by atoms with Crippen LogP contribution in [0.4, 0.5) is 0 Å². The molecular formula is C19H40IN5O2. The van der Waals surface area contributed by atoms with Gasteiger partial charge in [-0.05, 0) is 72.0 Å². The lowest BCUT2D eigenvalue weighted by atomic mass is 9.96. The Balaban J connectivity index is 0.00000676. The van der Waals surface area contributed by atoms with Crippen LogP contribution in [0.1, 0.15) is 52.4 Å². The summed E-state index contributed by atoms with van der Waals surface area (Å²) in [4.78, 5) is 18.3. The lowest BCUT2D eigenvalue weighted by molar-refractivity contribution is -0.123. The molecule has 8 heteroatoms. The number of carbonyl (C=O) groups excluding carboxylic acids is 1. The van der Waals surface area contributed by atoms with Crippen LogP contribution in [0.15, 0.2) is 4.99 Å². The molecule has 1 saturated heterocycles. The fourth-order valence-corrected chi connectivity index (χ4v) is 3.10. The molecule has 0 bridgehead atoms. The number of guanidine groups is 1. The van der Waals surface area contributed by atoms with Gasteiger partial charge < -0.3 is 26.0 Å². The molecule has 0 saturated carbocycles. The third-order valence-corrected chi connectivity index (χ3v) is 4.70. The van der Waals surface area contributed by atoms with E-state index in [1.54, 1.807) is 0 Å². The number of nitrogens with zero attached hydrogens (tertiary/aromatic N) is 2. The first-order chi connectivity index (χ1) is 12.7. The molecule has 1 aliphatic heterocycles. The second-order valence-electron chi connectivity index (χ2n) is 6.82. The average molecular weight is 497 g/mol. The molecule has 0 aromatic rings. The number of carbonyl (C=O) groups is 1. The van der Waals surface area contributed by atoms with E-state index in [9.17, 15) is 4.79 Å². The van der Waals surface area contributed by atoms with Crippen LogP contribution in [-0.2, 0) is 9.53 Å². The Morgan fingerprint density at radius 2 is 1.89 bits per heavy atom. The van der Waals surface area contributed by atoms with Gasteiger partial charge in [-0.2, -0.15) is 0 Å². The zero-order valence-electron chi connectivity index (χ0n) is 17.2. The zero-order chi connectivity index (χ0) is 19.0. The number of halogens is 1. The summed E-state index contributed by atoms with van der Waals surface area (Å²) in [7, 11) is 0. The Bertz CT molecular complexity index is 402. The zero-order valence-corrected chi connectivity index (χ0v) is 19.5. The molecule has 160 valence electrons. The minimum absolute atomic E-state index is 0. The van der Waals surface area contributed by atoms with Crippen molar-refractivity contribution in [2.24, 2.45) is 16.6 Å². The average Bonchev–Trinajstić information content (AvgIpc) is 2.64. The highest BCUT2D eigenvalue weighted by Crippen LogP contribution is 2.16. The Morgan fingerprint density at radius 3 is 2.52 bits per heavy atom. The highest BCUT2D eigenvalue weighted by Gasteiger charge is 2.22. The van der Waals surface area contributed by atoms with E-state index in [2.05, 4.69) is 27.4 Å². The lowest BCUT2D eigenvalue weighted by Crippen LogP contribution is -2.39. The van der Waals surface area contributed by atoms with Crippen molar-refractivity contribution in [2.45, 2.75) is 52.4 Å². The standard InChI is InChI=1S/C19H39N5O2.HI/c1-3-21-19(23-12-6-8-16-26-4-2)22-11-5-7-13-24-14-9-17(10-15-24)18(20)25;/h17H,3-16H2,1-2H3,(H2,20,25)(H2,21,22,23);1H. The number of rotatable bonds is 13. The highest BCUT2D eigenvalue weighted by molar-refractivity contribution is 14.0. The Labute approximate surface area is 182 Å². The van der Waals surface area contributed by atoms with Gasteiger partial charge in [0.25, 0.3) is 0 Å². The van der Waals surface area contributed by atoms with E-state index >= 15 is 0 Å². The first kappa shape index (κ1) is 26.4. The number of unbranched alkanes of at least 4 members (excludes halogenated alkanes) is 2.